The van der Waals surface area contributed by atoms with Crippen molar-refractivity contribution in [2.24, 2.45) is 0 Å². The van der Waals surface area contributed by atoms with E-state index in [0.717, 1.165) is 24.4 Å². The summed E-state index contributed by atoms with van der Waals surface area (Å²) in [5.74, 6) is 3.26. The molecule has 1 atom stereocenters. The summed E-state index contributed by atoms with van der Waals surface area (Å²) in [6.07, 6.45) is 7.92. The molecule has 1 aromatic carbocycles. The molecular formula is C18H20N2O. The minimum absolute atomic E-state index is 0.287. The largest absolute Gasteiger partial charge is 0.481 e. The van der Waals surface area contributed by atoms with Gasteiger partial charge in [-0.05, 0) is 36.8 Å². The molecule has 0 aliphatic rings. The maximum absolute atomic E-state index is 5.36. The third-order valence-corrected chi connectivity index (χ3v) is 3.26. The summed E-state index contributed by atoms with van der Waals surface area (Å²) in [6.45, 7) is 3.35. The van der Waals surface area contributed by atoms with Gasteiger partial charge < -0.3 is 10.1 Å². The van der Waals surface area contributed by atoms with Crippen molar-refractivity contribution in [2.75, 3.05) is 13.2 Å². The molecule has 2 aromatic rings. The first-order valence-electron chi connectivity index (χ1n) is 7.09. The number of rotatable bonds is 7. The molecule has 0 spiro atoms. The fourth-order valence-corrected chi connectivity index (χ4v) is 2.06. The molecule has 21 heavy (non-hydrogen) atoms. The van der Waals surface area contributed by atoms with Crippen LogP contribution in [0.15, 0.2) is 48.7 Å². The first kappa shape index (κ1) is 15.1. The third kappa shape index (κ3) is 4.94. The summed E-state index contributed by atoms with van der Waals surface area (Å²) >= 11 is 0. The lowest BCUT2D eigenvalue weighted by Gasteiger charge is -2.14. The summed E-state index contributed by atoms with van der Waals surface area (Å²) in [6, 6.07) is 14.3. The Bertz CT molecular complexity index is 572. The summed E-state index contributed by atoms with van der Waals surface area (Å²) in [5.41, 5.74) is 2.33. The Hall–Kier alpha value is -2.31. The number of ether oxygens (including phenoxy) is 1. The number of pyridine rings is 1. The Morgan fingerprint density at radius 3 is 2.71 bits per heavy atom. The van der Waals surface area contributed by atoms with Crippen molar-refractivity contribution < 1.29 is 4.74 Å². The highest BCUT2D eigenvalue weighted by Crippen LogP contribution is 2.17. The van der Waals surface area contributed by atoms with Crippen LogP contribution < -0.4 is 10.1 Å². The average Bonchev–Trinajstić information content (AvgIpc) is 2.54. The van der Waals surface area contributed by atoms with Crippen molar-refractivity contribution in [1.29, 1.82) is 0 Å². The van der Waals surface area contributed by atoms with E-state index in [0.29, 0.717) is 6.61 Å². The predicted octanol–water partition coefficient (Wildman–Crippen LogP) is 2.99. The molecular weight excluding hydrogens is 260 g/mol. The van der Waals surface area contributed by atoms with Crippen molar-refractivity contribution in [3.8, 4) is 18.1 Å². The molecule has 0 bridgehead atoms. The first-order valence-corrected chi connectivity index (χ1v) is 7.09. The Morgan fingerprint density at radius 2 is 2.05 bits per heavy atom. The molecule has 0 saturated heterocycles. The van der Waals surface area contributed by atoms with Crippen LogP contribution in [0.3, 0.4) is 0 Å². The summed E-state index contributed by atoms with van der Waals surface area (Å²) < 4.78 is 5.36. The van der Waals surface area contributed by atoms with Gasteiger partial charge in [-0.3, -0.25) is 4.98 Å². The van der Waals surface area contributed by atoms with E-state index < -0.39 is 0 Å². The zero-order chi connectivity index (χ0) is 14.9. The van der Waals surface area contributed by atoms with E-state index in [-0.39, 0.29) is 6.04 Å². The minimum atomic E-state index is 0.287. The monoisotopic (exact) mass is 280 g/mol. The van der Waals surface area contributed by atoms with Crippen molar-refractivity contribution in [3.05, 3.63) is 59.9 Å². The number of nitrogens with zero attached hydrogens (tertiary/aromatic N) is 1. The van der Waals surface area contributed by atoms with Crippen LogP contribution in [0.1, 0.15) is 24.2 Å². The molecule has 3 heteroatoms. The molecule has 1 unspecified atom stereocenters. The summed E-state index contributed by atoms with van der Waals surface area (Å²) in [7, 11) is 0. The SMILES string of the molecule is C#CCOc1ccc(C(C)NCCc2ccccn2)cc1. The molecule has 0 aliphatic heterocycles. The highest BCUT2D eigenvalue weighted by atomic mass is 16.5. The highest BCUT2D eigenvalue weighted by molar-refractivity contribution is 5.29. The van der Waals surface area contributed by atoms with Gasteiger partial charge in [0.15, 0.2) is 0 Å². The lowest BCUT2D eigenvalue weighted by Crippen LogP contribution is -2.21. The van der Waals surface area contributed by atoms with Gasteiger partial charge in [0.05, 0.1) is 0 Å². The van der Waals surface area contributed by atoms with Crippen molar-refractivity contribution in [3.63, 3.8) is 0 Å². The summed E-state index contributed by atoms with van der Waals surface area (Å²) in [4.78, 5) is 4.32. The van der Waals surface area contributed by atoms with E-state index in [2.05, 4.69) is 35.3 Å². The quantitative estimate of drug-likeness (QED) is 0.792. The number of hydrogen-bond acceptors (Lipinski definition) is 3. The van der Waals surface area contributed by atoms with Crippen molar-refractivity contribution in [1.82, 2.24) is 10.3 Å². The lowest BCUT2D eigenvalue weighted by molar-refractivity contribution is 0.370. The topological polar surface area (TPSA) is 34.1 Å². The van der Waals surface area contributed by atoms with Crippen LogP contribution in [0.2, 0.25) is 0 Å². The smallest absolute Gasteiger partial charge is 0.148 e. The van der Waals surface area contributed by atoms with Gasteiger partial charge in [-0.15, -0.1) is 6.42 Å². The van der Waals surface area contributed by atoms with Gasteiger partial charge in [-0.25, -0.2) is 0 Å². The zero-order valence-electron chi connectivity index (χ0n) is 12.3. The number of benzene rings is 1. The molecule has 1 heterocycles. The molecule has 0 radical (unpaired) electrons. The van der Waals surface area contributed by atoms with E-state index in [4.69, 9.17) is 11.2 Å². The maximum Gasteiger partial charge on any atom is 0.148 e. The second kappa shape index (κ2) is 8.08. The zero-order valence-corrected chi connectivity index (χ0v) is 12.3. The van der Waals surface area contributed by atoms with Gasteiger partial charge in [-0.2, -0.15) is 0 Å². The van der Waals surface area contributed by atoms with E-state index in [1.165, 1.54) is 5.56 Å². The fourth-order valence-electron chi connectivity index (χ4n) is 2.06. The maximum atomic E-state index is 5.36. The highest BCUT2D eigenvalue weighted by Gasteiger charge is 2.05. The van der Waals surface area contributed by atoms with Crippen LogP contribution in [0, 0.1) is 12.3 Å². The van der Waals surface area contributed by atoms with Gasteiger partial charge in [0.1, 0.15) is 12.4 Å². The standard InChI is InChI=1S/C18H20N2O/c1-3-14-21-18-9-7-16(8-10-18)15(2)19-13-11-17-6-4-5-12-20-17/h1,4-10,12,15,19H,11,13-14H2,2H3. The van der Waals surface area contributed by atoms with Gasteiger partial charge in [0.2, 0.25) is 0 Å². The summed E-state index contributed by atoms with van der Waals surface area (Å²) in [5, 5.41) is 3.50. The molecule has 0 aliphatic carbocycles. The first-order chi connectivity index (χ1) is 10.3. The number of nitrogens with one attached hydrogen (secondary N) is 1. The van der Waals surface area contributed by atoms with Crippen LogP contribution in [0.5, 0.6) is 5.75 Å². The fraction of sp³-hybridized carbons (Fsp3) is 0.278. The van der Waals surface area contributed by atoms with Crippen LogP contribution >= 0.6 is 0 Å². The van der Waals surface area contributed by atoms with E-state index in [1.54, 1.807) is 0 Å². The van der Waals surface area contributed by atoms with Crippen LogP contribution in [-0.4, -0.2) is 18.1 Å². The van der Waals surface area contributed by atoms with Gasteiger partial charge >= 0.3 is 0 Å². The predicted molar refractivity (Wildman–Crippen MR) is 85.1 cm³/mol. The van der Waals surface area contributed by atoms with Crippen LogP contribution in [0.4, 0.5) is 0 Å². The molecule has 3 nitrogen and oxygen atoms in total. The number of aromatic nitrogens is 1. The average molecular weight is 280 g/mol. The normalized spacial score (nSPS) is 11.6. The Morgan fingerprint density at radius 1 is 1.24 bits per heavy atom. The van der Waals surface area contributed by atoms with E-state index >= 15 is 0 Å². The van der Waals surface area contributed by atoms with Crippen LogP contribution in [-0.2, 0) is 6.42 Å². The van der Waals surface area contributed by atoms with Gasteiger partial charge in [0, 0.05) is 30.9 Å². The van der Waals surface area contributed by atoms with E-state index in [9.17, 15) is 0 Å². The molecule has 0 amide bonds. The molecule has 0 saturated carbocycles. The second-order valence-corrected chi connectivity index (χ2v) is 4.81. The third-order valence-electron chi connectivity index (χ3n) is 3.26. The lowest BCUT2D eigenvalue weighted by atomic mass is 10.1. The molecule has 2 rings (SSSR count). The Labute approximate surface area is 126 Å². The molecule has 1 N–H and O–H groups in total. The van der Waals surface area contributed by atoms with Crippen LogP contribution in [0.25, 0.3) is 0 Å². The van der Waals surface area contributed by atoms with Crippen molar-refractivity contribution >= 4 is 0 Å². The van der Waals surface area contributed by atoms with E-state index in [1.807, 2.05) is 36.5 Å². The van der Waals surface area contributed by atoms with Gasteiger partial charge in [0.25, 0.3) is 0 Å². The molecule has 108 valence electrons. The molecule has 1 aromatic heterocycles. The second-order valence-electron chi connectivity index (χ2n) is 4.81. The number of terminal acetylenes is 1. The minimum Gasteiger partial charge on any atom is -0.481 e. The molecule has 0 fully saturated rings. The van der Waals surface area contributed by atoms with Crippen molar-refractivity contribution in [2.45, 2.75) is 19.4 Å². The Kier molecular flexibility index (Phi) is 5.81. The van der Waals surface area contributed by atoms with Gasteiger partial charge in [-0.1, -0.05) is 24.1 Å². The Balaban J connectivity index is 1.80. The number of hydrogen-bond donors (Lipinski definition) is 1.